The minimum atomic E-state index is -0.258. The van der Waals surface area contributed by atoms with Crippen molar-refractivity contribution in [3.05, 3.63) is 29.6 Å². The molecule has 0 fully saturated rings. The van der Waals surface area contributed by atoms with Gasteiger partial charge >= 0.3 is 0 Å². The Morgan fingerprint density at radius 2 is 2.06 bits per heavy atom. The topological polar surface area (TPSA) is 21.3 Å². The standard InChI is InChI=1S/C14H22FNO/c1-5-16-9-14(3,4)10-17-12-8-6-7-11(2)13(12)15/h6-8,16H,5,9-10H2,1-4H3. The first kappa shape index (κ1) is 14.0. The first-order valence-electron chi connectivity index (χ1n) is 6.05. The number of ether oxygens (including phenoxy) is 1. The smallest absolute Gasteiger partial charge is 0.167 e. The average Bonchev–Trinajstić information content (AvgIpc) is 2.29. The zero-order valence-electron chi connectivity index (χ0n) is 11.1. The molecule has 0 radical (unpaired) electrons. The van der Waals surface area contributed by atoms with Gasteiger partial charge in [-0.2, -0.15) is 0 Å². The lowest BCUT2D eigenvalue weighted by molar-refractivity contribution is 0.171. The SMILES string of the molecule is CCNCC(C)(C)COc1cccc(C)c1F. The van der Waals surface area contributed by atoms with E-state index in [2.05, 4.69) is 26.1 Å². The van der Waals surface area contributed by atoms with Crippen molar-refractivity contribution in [1.82, 2.24) is 5.32 Å². The number of hydrogen-bond acceptors (Lipinski definition) is 2. The van der Waals surface area contributed by atoms with E-state index in [1.807, 2.05) is 6.07 Å². The minimum Gasteiger partial charge on any atom is -0.490 e. The van der Waals surface area contributed by atoms with Crippen LogP contribution in [0.1, 0.15) is 26.3 Å². The number of nitrogens with one attached hydrogen (secondary N) is 1. The van der Waals surface area contributed by atoms with Crippen LogP contribution >= 0.6 is 0 Å². The van der Waals surface area contributed by atoms with E-state index in [0.29, 0.717) is 17.9 Å². The first-order valence-corrected chi connectivity index (χ1v) is 6.05. The molecular weight excluding hydrogens is 217 g/mol. The van der Waals surface area contributed by atoms with Crippen LogP contribution in [0.3, 0.4) is 0 Å². The van der Waals surface area contributed by atoms with Gasteiger partial charge in [-0.25, -0.2) is 4.39 Å². The van der Waals surface area contributed by atoms with Crippen molar-refractivity contribution in [2.24, 2.45) is 5.41 Å². The highest BCUT2D eigenvalue weighted by Gasteiger charge is 2.19. The molecule has 1 aromatic carbocycles. The minimum absolute atomic E-state index is 0.00774. The molecule has 0 bridgehead atoms. The molecule has 0 saturated heterocycles. The molecule has 0 aliphatic rings. The lowest BCUT2D eigenvalue weighted by atomic mass is 9.95. The Balaban J connectivity index is 2.58. The summed E-state index contributed by atoms with van der Waals surface area (Å²) in [5.41, 5.74) is 0.610. The Kier molecular flexibility index (Phi) is 4.94. The van der Waals surface area contributed by atoms with Crippen LogP contribution in [-0.2, 0) is 0 Å². The Bertz CT molecular complexity index is 363. The molecule has 0 heterocycles. The van der Waals surface area contributed by atoms with Crippen LogP contribution in [0.5, 0.6) is 5.75 Å². The number of benzene rings is 1. The summed E-state index contributed by atoms with van der Waals surface area (Å²) in [5, 5.41) is 3.28. The molecule has 0 aliphatic heterocycles. The van der Waals surface area contributed by atoms with E-state index < -0.39 is 0 Å². The number of aryl methyl sites for hydroxylation is 1. The Labute approximate surface area is 103 Å². The maximum absolute atomic E-state index is 13.7. The molecule has 2 nitrogen and oxygen atoms in total. The molecule has 0 atom stereocenters. The predicted molar refractivity (Wildman–Crippen MR) is 69.0 cm³/mol. The third-order valence-electron chi connectivity index (χ3n) is 2.63. The molecule has 96 valence electrons. The molecule has 0 unspecified atom stereocenters. The summed E-state index contributed by atoms with van der Waals surface area (Å²) in [6.45, 7) is 10.3. The fourth-order valence-corrected chi connectivity index (χ4v) is 1.52. The number of halogens is 1. The number of rotatable bonds is 6. The van der Waals surface area contributed by atoms with Crippen molar-refractivity contribution in [3.8, 4) is 5.75 Å². The first-order chi connectivity index (χ1) is 7.96. The second-order valence-electron chi connectivity index (χ2n) is 5.12. The summed E-state index contributed by atoms with van der Waals surface area (Å²) in [7, 11) is 0. The van der Waals surface area contributed by atoms with Gasteiger partial charge in [0.05, 0.1) is 6.61 Å². The van der Waals surface area contributed by atoms with Crippen molar-refractivity contribution in [1.29, 1.82) is 0 Å². The van der Waals surface area contributed by atoms with Gasteiger partial charge in [-0.3, -0.25) is 0 Å². The normalized spacial score (nSPS) is 11.6. The second kappa shape index (κ2) is 6.01. The summed E-state index contributed by atoms with van der Waals surface area (Å²) in [4.78, 5) is 0. The van der Waals surface area contributed by atoms with Gasteiger partial charge in [0.15, 0.2) is 11.6 Å². The van der Waals surface area contributed by atoms with Crippen LogP contribution in [-0.4, -0.2) is 19.7 Å². The van der Waals surface area contributed by atoms with E-state index in [9.17, 15) is 4.39 Å². The Hall–Kier alpha value is -1.09. The van der Waals surface area contributed by atoms with Crippen molar-refractivity contribution < 1.29 is 9.13 Å². The maximum Gasteiger partial charge on any atom is 0.167 e. The number of hydrogen-bond donors (Lipinski definition) is 1. The van der Waals surface area contributed by atoms with E-state index in [0.717, 1.165) is 13.1 Å². The van der Waals surface area contributed by atoms with Crippen LogP contribution < -0.4 is 10.1 Å². The van der Waals surface area contributed by atoms with Crippen LogP contribution in [0.25, 0.3) is 0 Å². The molecule has 0 spiro atoms. The summed E-state index contributed by atoms with van der Waals surface area (Å²) >= 11 is 0. The van der Waals surface area contributed by atoms with E-state index in [1.165, 1.54) is 0 Å². The van der Waals surface area contributed by atoms with Gasteiger partial charge in [-0.1, -0.05) is 32.9 Å². The zero-order valence-corrected chi connectivity index (χ0v) is 11.1. The highest BCUT2D eigenvalue weighted by molar-refractivity contribution is 5.30. The van der Waals surface area contributed by atoms with Gasteiger partial charge < -0.3 is 10.1 Å². The van der Waals surface area contributed by atoms with Crippen molar-refractivity contribution in [3.63, 3.8) is 0 Å². The quantitative estimate of drug-likeness (QED) is 0.823. The molecule has 0 amide bonds. The molecular formula is C14H22FNO. The molecule has 0 aromatic heterocycles. The van der Waals surface area contributed by atoms with Crippen LogP contribution in [0.15, 0.2) is 18.2 Å². The molecule has 1 rings (SSSR count). The average molecular weight is 239 g/mol. The molecule has 0 saturated carbocycles. The molecule has 1 aromatic rings. The third kappa shape index (κ3) is 4.35. The fraction of sp³-hybridized carbons (Fsp3) is 0.571. The lowest BCUT2D eigenvalue weighted by Gasteiger charge is -2.25. The van der Waals surface area contributed by atoms with Crippen LogP contribution in [0, 0.1) is 18.2 Å². The maximum atomic E-state index is 13.7. The highest BCUT2D eigenvalue weighted by atomic mass is 19.1. The lowest BCUT2D eigenvalue weighted by Crippen LogP contribution is -2.34. The Morgan fingerprint density at radius 3 is 2.71 bits per heavy atom. The van der Waals surface area contributed by atoms with Gasteiger partial charge in [0.2, 0.25) is 0 Å². The third-order valence-corrected chi connectivity index (χ3v) is 2.63. The summed E-state index contributed by atoms with van der Waals surface area (Å²) in [5.74, 6) is 0.0846. The predicted octanol–water partition coefficient (Wildman–Crippen LogP) is 3.15. The molecule has 3 heteroatoms. The van der Waals surface area contributed by atoms with Gasteiger partial charge in [0.25, 0.3) is 0 Å². The zero-order chi connectivity index (χ0) is 12.9. The monoisotopic (exact) mass is 239 g/mol. The molecule has 1 N–H and O–H groups in total. The van der Waals surface area contributed by atoms with Crippen LogP contribution in [0.2, 0.25) is 0 Å². The van der Waals surface area contributed by atoms with Gasteiger partial charge in [0.1, 0.15) is 0 Å². The van der Waals surface area contributed by atoms with E-state index in [1.54, 1.807) is 19.1 Å². The summed E-state index contributed by atoms with van der Waals surface area (Å²) in [6.07, 6.45) is 0. The summed E-state index contributed by atoms with van der Waals surface area (Å²) < 4.78 is 19.3. The van der Waals surface area contributed by atoms with Crippen molar-refractivity contribution in [2.45, 2.75) is 27.7 Å². The summed E-state index contributed by atoms with van der Waals surface area (Å²) in [6, 6.07) is 5.22. The van der Waals surface area contributed by atoms with E-state index >= 15 is 0 Å². The van der Waals surface area contributed by atoms with Gasteiger partial charge in [-0.15, -0.1) is 0 Å². The Morgan fingerprint density at radius 1 is 1.35 bits per heavy atom. The van der Waals surface area contributed by atoms with E-state index in [-0.39, 0.29) is 11.2 Å². The largest absolute Gasteiger partial charge is 0.490 e. The van der Waals surface area contributed by atoms with E-state index in [4.69, 9.17) is 4.74 Å². The van der Waals surface area contributed by atoms with Crippen molar-refractivity contribution in [2.75, 3.05) is 19.7 Å². The molecule has 0 aliphatic carbocycles. The van der Waals surface area contributed by atoms with Gasteiger partial charge in [0, 0.05) is 12.0 Å². The van der Waals surface area contributed by atoms with Crippen LogP contribution in [0.4, 0.5) is 4.39 Å². The second-order valence-corrected chi connectivity index (χ2v) is 5.12. The molecule has 17 heavy (non-hydrogen) atoms. The van der Waals surface area contributed by atoms with Crippen molar-refractivity contribution >= 4 is 0 Å². The highest BCUT2D eigenvalue weighted by Crippen LogP contribution is 2.22. The van der Waals surface area contributed by atoms with Gasteiger partial charge in [-0.05, 0) is 25.1 Å². The fourth-order valence-electron chi connectivity index (χ4n) is 1.52.